The fourth-order valence-corrected chi connectivity index (χ4v) is 3.06. The normalized spacial score (nSPS) is 20.1. The first-order chi connectivity index (χ1) is 10.9. The smallest absolute Gasteiger partial charge is 0.306 e. The van der Waals surface area contributed by atoms with Crippen molar-refractivity contribution in [2.75, 3.05) is 0 Å². The number of carboxylic acids is 1. The Bertz CT molecular complexity index is 749. The fraction of sp³-hybridized carbons (Fsp3) is 0.438. The van der Waals surface area contributed by atoms with Gasteiger partial charge in [0, 0.05) is 24.5 Å². The van der Waals surface area contributed by atoms with Crippen LogP contribution in [0.3, 0.4) is 0 Å². The zero-order valence-electron chi connectivity index (χ0n) is 13.4. The molecule has 0 spiro atoms. The highest BCUT2D eigenvalue weighted by molar-refractivity contribution is 5.97. The maximum Gasteiger partial charge on any atom is 0.306 e. The summed E-state index contributed by atoms with van der Waals surface area (Å²) in [5.41, 5.74) is 2.54. The molecule has 23 heavy (non-hydrogen) atoms. The van der Waals surface area contributed by atoms with Crippen LogP contribution in [0.5, 0.6) is 0 Å². The van der Waals surface area contributed by atoms with Gasteiger partial charge in [-0.25, -0.2) is 0 Å². The molecule has 7 heteroatoms. The fourth-order valence-electron chi connectivity index (χ4n) is 3.06. The van der Waals surface area contributed by atoms with E-state index in [1.165, 1.54) is 0 Å². The van der Waals surface area contributed by atoms with Crippen LogP contribution in [0.1, 0.15) is 34.6 Å². The SMILES string of the molecule is Cc1ccc(C)n1-c1c(C(=O)NC2CC(C(=O)O)C2)cnn1C. The Kier molecular flexibility index (Phi) is 3.71. The van der Waals surface area contributed by atoms with Crippen LogP contribution in [0, 0.1) is 19.8 Å². The summed E-state index contributed by atoms with van der Waals surface area (Å²) in [6.07, 6.45) is 2.52. The van der Waals surface area contributed by atoms with Crippen LogP contribution in [0.15, 0.2) is 18.3 Å². The third kappa shape index (κ3) is 2.62. The van der Waals surface area contributed by atoms with Gasteiger partial charge in [-0.3, -0.25) is 14.3 Å². The quantitative estimate of drug-likeness (QED) is 0.893. The highest BCUT2D eigenvalue weighted by atomic mass is 16.4. The van der Waals surface area contributed by atoms with Gasteiger partial charge < -0.3 is 15.0 Å². The molecule has 2 aromatic rings. The Balaban J connectivity index is 1.82. The molecule has 0 bridgehead atoms. The molecule has 3 rings (SSSR count). The molecule has 1 fully saturated rings. The Morgan fingerprint density at radius 3 is 2.43 bits per heavy atom. The molecule has 2 N–H and O–H groups in total. The van der Waals surface area contributed by atoms with Crippen molar-refractivity contribution in [3.05, 3.63) is 35.3 Å². The molecule has 0 unspecified atom stereocenters. The number of aromatic nitrogens is 3. The monoisotopic (exact) mass is 316 g/mol. The first kappa shape index (κ1) is 15.3. The third-order valence-corrected chi connectivity index (χ3v) is 4.46. The van der Waals surface area contributed by atoms with Crippen LogP contribution in [-0.4, -0.2) is 37.4 Å². The van der Waals surface area contributed by atoms with Gasteiger partial charge in [0.1, 0.15) is 11.4 Å². The number of nitrogens with one attached hydrogen (secondary N) is 1. The van der Waals surface area contributed by atoms with Crippen LogP contribution < -0.4 is 5.32 Å². The van der Waals surface area contributed by atoms with E-state index in [2.05, 4.69) is 10.4 Å². The number of amides is 1. The minimum Gasteiger partial charge on any atom is -0.481 e. The molecule has 0 radical (unpaired) electrons. The average molecular weight is 316 g/mol. The minimum absolute atomic E-state index is 0.0801. The number of aliphatic carboxylic acids is 1. The second kappa shape index (κ2) is 5.57. The van der Waals surface area contributed by atoms with Gasteiger partial charge in [-0.15, -0.1) is 0 Å². The standard InChI is InChI=1S/C16H20N4O3/c1-9-4-5-10(2)20(9)15-13(8-17-19(15)3)14(21)18-12-6-11(7-12)16(22)23/h4-5,8,11-12H,6-7H2,1-3H3,(H,18,21)(H,22,23). The predicted octanol–water partition coefficient (Wildman–Crippen LogP) is 1.42. The lowest BCUT2D eigenvalue weighted by atomic mass is 9.80. The van der Waals surface area contributed by atoms with Gasteiger partial charge in [0.15, 0.2) is 0 Å². The van der Waals surface area contributed by atoms with Crippen LogP contribution >= 0.6 is 0 Å². The lowest BCUT2D eigenvalue weighted by Gasteiger charge is -2.32. The molecule has 1 amide bonds. The lowest BCUT2D eigenvalue weighted by molar-refractivity contribution is -0.145. The molecule has 1 aliphatic carbocycles. The second-order valence-electron chi connectivity index (χ2n) is 6.13. The van der Waals surface area contributed by atoms with Crippen molar-refractivity contribution >= 4 is 11.9 Å². The lowest BCUT2D eigenvalue weighted by Crippen LogP contribution is -2.46. The maximum absolute atomic E-state index is 12.6. The zero-order valence-corrected chi connectivity index (χ0v) is 13.4. The highest BCUT2D eigenvalue weighted by Crippen LogP contribution is 2.28. The topological polar surface area (TPSA) is 89.2 Å². The van der Waals surface area contributed by atoms with Crippen molar-refractivity contribution in [2.45, 2.75) is 32.7 Å². The largest absolute Gasteiger partial charge is 0.481 e. The van der Waals surface area contributed by atoms with Crippen molar-refractivity contribution in [1.82, 2.24) is 19.7 Å². The van der Waals surface area contributed by atoms with E-state index < -0.39 is 5.97 Å². The molecule has 0 saturated heterocycles. The van der Waals surface area contributed by atoms with Gasteiger partial charge in [-0.05, 0) is 38.8 Å². The summed E-state index contributed by atoms with van der Waals surface area (Å²) < 4.78 is 3.67. The van der Waals surface area contributed by atoms with E-state index in [9.17, 15) is 9.59 Å². The maximum atomic E-state index is 12.6. The molecular weight excluding hydrogens is 296 g/mol. The van der Waals surface area contributed by atoms with E-state index in [0.717, 1.165) is 17.2 Å². The first-order valence-electron chi connectivity index (χ1n) is 7.59. The molecule has 0 aliphatic heterocycles. The molecule has 2 aromatic heterocycles. The van der Waals surface area contributed by atoms with Gasteiger partial charge in [0.25, 0.3) is 5.91 Å². The average Bonchev–Trinajstić information content (AvgIpc) is 2.96. The number of hydrogen-bond acceptors (Lipinski definition) is 3. The summed E-state index contributed by atoms with van der Waals surface area (Å²) in [4.78, 5) is 23.4. The summed E-state index contributed by atoms with van der Waals surface area (Å²) in [6.45, 7) is 3.95. The summed E-state index contributed by atoms with van der Waals surface area (Å²) in [6, 6.07) is 3.91. The van der Waals surface area contributed by atoms with Gasteiger partial charge in [-0.2, -0.15) is 5.10 Å². The summed E-state index contributed by atoms with van der Waals surface area (Å²) in [5, 5.41) is 16.0. The molecule has 7 nitrogen and oxygen atoms in total. The number of nitrogens with zero attached hydrogens (tertiary/aromatic N) is 3. The van der Waals surface area contributed by atoms with E-state index in [1.807, 2.05) is 30.5 Å². The van der Waals surface area contributed by atoms with Gasteiger partial charge in [0.2, 0.25) is 0 Å². The van der Waals surface area contributed by atoms with Crippen LogP contribution in [0.25, 0.3) is 5.82 Å². The second-order valence-corrected chi connectivity index (χ2v) is 6.13. The number of rotatable bonds is 4. The van der Waals surface area contributed by atoms with Crippen molar-refractivity contribution in [1.29, 1.82) is 0 Å². The number of carbonyl (C=O) groups excluding carboxylic acids is 1. The summed E-state index contributed by atoms with van der Waals surface area (Å²) >= 11 is 0. The Morgan fingerprint density at radius 2 is 1.87 bits per heavy atom. The van der Waals surface area contributed by atoms with Gasteiger partial charge in [-0.1, -0.05) is 0 Å². The Morgan fingerprint density at radius 1 is 1.26 bits per heavy atom. The first-order valence-corrected chi connectivity index (χ1v) is 7.59. The molecule has 0 aromatic carbocycles. The molecule has 122 valence electrons. The number of hydrogen-bond donors (Lipinski definition) is 2. The van der Waals surface area contributed by atoms with Crippen molar-refractivity contribution in [3.63, 3.8) is 0 Å². The van der Waals surface area contributed by atoms with Gasteiger partial charge >= 0.3 is 5.97 Å². The summed E-state index contributed by atoms with van der Waals surface area (Å²) in [7, 11) is 1.80. The van der Waals surface area contributed by atoms with Gasteiger partial charge in [0.05, 0.1) is 12.1 Å². The number of carbonyl (C=O) groups is 2. The van der Waals surface area contributed by atoms with Crippen LogP contribution in [0.2, 0.25) is 0 Å². The van der Waals surface area contributed by atoms with Crippen LogP contribution in [0.4, 0.5) is 0 Å². The van der Waals surface area contributed by atoms with E-state index in [0.29, 0.717) is 18.4 Å². The Labute approximate surface area is 133 Å². The Hall–Kier alpha value is -2.57. The van der Waals surface area contributed by atoms with E-state index in [1.54, 1.807) is 17.9 Å². The molecule has 2 heterocycles. The molecule has 0 atom stereocenters. The third-order valence-electron chi connectivity index (χ3n) is 4.46. The van der Waals surface area contributed by atoms with E-state index >= 15 is 0 Å². The van der Waals surface area contributed by atoms with E-state index in [4.69, 9.17) is 5.11 Å². The predicted molar refractivity (Wildman–Crippen MR) is 83.6 cm³/mol. The highest BCUT2D eigenvalue weighted by Gasteiger charge is 2.36. The zero-order chi connectivity index (χ0) is 16.7. The number of aryl methyl sites for hydroxylation is 3. The van der Waals surface area contributed by atoms with Crippen molar-refractivity contribution in [3.8, 4) is 5.82 Å². The van der Waals surface area contributed by atoms with E-state index in [-0.39, 0.29) is 17.9 Å². The summed E-state index contributed by atoms with van der Waals surface area (Å²) in [5.74, 6) is -0.634. The van der Waals surface area contributed by atoms with Crippen molar-refractivity contribution in [2.24, 2.45) is 13.0 Å². The molecule has 1 aliphatic rings. The van der Waals surface area contributed by atoms with Crippen LogP contribution in [-0.2, 0) is 11.8 Å². The number of carboxylic acid groups (broad SMARTS) is 1. The molecule has 1 saturated carbocycles. The molecular formula is C16H20N4O3. The minimum atomic E-state index is -0.795. The van der Waals surface area contributed by atoms with Crippen molar-refractivity contribution < 1.29 is 14.7 Å².